The molecule has 8 heteroatoms. The van der Waals surface area contributed by atoms with Crippen molar-refractivity contribution in [2.75, 3.05) is 29.9 Å². The molecule has 3 rings (SSSR count). The molecule has 0 spiro atoms. The van der Waals surface area contributed by atoms with E-state index in [0.29, 0.717) is 5.56 Å². The topological polar surface area (TPSA) is 102 Å². The van der Waals surface area contributed by atoms with Gasteiger partial charge < -0.3 is 10.2 Å². The van der Waals surface area contributed by atoms with E-state index in [2.05, 4.69) is 21.0 Å². The maximum atomic E-state index is 12.6. The Bertz CT molecular complexity index is 1020. The molecule has 0 unspecified atom stereocenters. The van der Waals surface area contributed by atoms with Crippen molar-refractivity contribution in [1.82, 2.24) is 4.72 Å². The lowest BCUT2D eigenvalue weighted by atomic mass is 10.1. The van der Waals surface area contributed by atoms with E-state index < -0.39 is 10.0 Å². The summed E-state index contributed by atoms with van der Waals surface area (Å²) in [5.41, 5.74) is 3.23. The van der Waals surface area contributed by atoms with Crippen LogP contribution >= 0.6 is 0 Å². The lowest BCUT2D eigenvalue weighted by Gasteiger charge is -2.19. The summed E-state index contributed by atoms with van der Waals surface area (Å²) in [6.45, 7) is 4.13. The molecule has 0 bridgehead atoms. The van der Waals surface area contributed by atoms with Crippen LogP contribution in [0.15, 0.2) is 47.4 Å². The maximum Gasteiger partial charge on any atom is 0.255 e. The Morgan fingerprint density at radius 2 is 1.83 bits per heavy atom. The first-order chi connectivity index (χ1) is 13.9. The van der Waals surface area contributed by atoms with E-state index in [0.717, 1.165) is 30.0 Å². The maximum absolute atomic E-state index is 12.6. The van der Waals surface area contributed by atoms with Gasteiger partial charge >= 0.3 is 0 Å². The molecule has 7 nitrogen and oxygen atoms in total. The number of amides is 1. The fourth-order valence-corrected chi connectivity index (χ4v) is 4.30. The van der Waals surface area contributed by atoms with Gasteiger partial charge in [0, 0.05) is 43.0 Å². The van der Waals surface area contributed by atoms with Crippen LogP contribution in [0.1, 0.15) is 35.2 Å². The minimum atomic E-state index is -3.69. The molecule has 2 aromatic rings. The lowest BCUT2D eigenvalue weighted by molar-refractivity contribution is 0.102. The molecule has 152 valence electrons. The van der Waals surface area contributed by atoms with E-state index in [1.54, 1.807) is 0 Å². The monoisotopic (exact) mass is 412 g/mol. The Labute approximate surface area is 171 Å². The number of rotatable bonds is 7. The summed E-state index contributed by atoms with van der Waals surface area (Å²) < 4.78 is 26.6. The predicted octanol–water partition coefficient (Wildman–Crippen LogP) is 3.04. The van der Waals surface area contributed by atoms with Crippen molar-refractivity contribution in [3.05, 3.63) is 53.6 Å². The number of hydrogen-bond acceptors (Lipinski definition) is 5. The third kappa shape index (κ3) is 5.13. The number of hydrogen-bond donors (Lipinski definition) is 2. The van der Waals surface area contributed by atoms with Gasteiger partial charge in [-0.15, -0.1) is 0 Å². The molecular weight excluding hydrogens is 388 g/mol. The van der Waals surface area contributed by atoms with Gasteiger partial charge in [-0.25, -0.2) is 13.1 Å². The molecule has 1 aliphatic heterocycles. The van der Waals surface area contributed by atoms with Crippen molar-refractivity contribution in [3.8, 4) is 6.07 Å². The number of aryl methyl sites for hydroxylation is 1. The lowest BCUT2D eigenvalue weighted by Crippen LogP contribution is -2.24. The third-order valence-corrected chi connectivity index (χ3v) is 6.36. The molecule has 29 heavy (non-hydrogen) atoms. The minimum absolute atomic E-state index is 0.0494. The van der Waals surface area contributed by atoms with Gasteiger partial charge in [0.05, 0.1) is 11.0 Å². The summed E-state index contributed by atoms with van der Waals surface area (Å²) >= 11 is 0. The average molecular weight is 413 g/mol. The standard InChI is InChI=1S/C21H24N4O3S/c1-16-15-18(25-13-2-3-14-25)7-10-20(16)24-21(26)17-5-8-19(9-6-17)29(27,28)23-12-4-11-22/h5-10,15,23H,2-4,12-14H2,1H3,(H,24,26). The van der Waals surface area contributed by atoms with Gasteiger partial charge in [-0.2, -0.15) is 5.26 Å². The number of nitrogens with one attached hydrogen (secondary N) is 2. The van der Waals surface area contributed by atoms with Crippen LogP contribution in [-0.4, -0.2) is 34.0 Å². The van der Waals surface area contributed by atoms with Gasteiger partial charge in [0.2, 0.25) is 10.0 Å². The molecule has 1 saturated heterocycles. The minimum Gasteiger partial charge on any atom is -0.372 e. The van der Waals surface area contributed by atoms with Crippen molar-refractivity contribution < 1.29 is 13.2 Å². The zero-order valence-corrected chi connectivity index (χ0v) is 17.1. The zero-order chi connectivity index (χ0) is 20.9. The molecule has 2 aromatic carbocycles. The van der Waals surface area contributed by atoms with Gasteiger partial charge in [-0.1, -0.05) is 0 Å². The van der Waals surface area contributed by atoms with E-state index in [1.807, 2.05) is 25.1 Å². The van der Waals surface area contributed by atoms with Gasteiger partial charge in [-0.3, -0.25) is 4.79 Å². The second-order valence-electron chi connectivity index (χ2n) is 6.98. The van der Waals surface area contributed by atoms with E-state index in [9.17, 15) is 13.2 Å². The predicted molar refractivity (Wildman–Crippen MR) is 112 cm³/mol. The Hall–Kier alpha value is -2.89. The first kappa shape index (κ1) is 20.8. The Kier molecular flexibility index (Phi) is 6.52. The molecule has 0 saturated carbocycles. The van der Waals surface area contributed by atoms with Gasteiger partial charge in [0.1, 0.15) is 0 Å². The molecule has 0 radical (unpaired) electrons. The fourth-order valence-electron chi connectivity index (χ4n) is 3.26. The van der Waals surface area contributed by atoms with Crippen LogP contribution < -0.4 is 14.9 Å². The smallest absolute Gasteiger partial charge is 0.255 e. The molecule has 1 amide bonds. The second kappa shape index (κ2) is 9.07. The number of nitrogens with zero attached hydrogens (tertiary/aromatic N) is 2. The largest absolute Gasteiger partial charge is 0.372 e. The first-order valence-electron chi connectivity index (χ1n) is 9.54. The fraction of sp³-hybridized carbons (Fsp3) is 0.333. The average Bonchev–Trinajstić information content (AvgIpc) is 3.24. The summed E-state index contributed by atoms with van der Waals surface area (Å²) in [7, 11) is -3.69. The summed E-state index contributed by atoms with van der Waals surface area (Å²) in [5, 5.41) is 11.4. The highest BCUT2D eigenvalue weighted by atomic mass is 32.2. The van der Waals surface area contributed by atoms with Crippen molar-refractivity contribution >= 4 is 27.3 Å². The van der Waals surface area contributed by atoms with Crippen molar-refractivity contribution in [2.24, 2.45) is 0 Å². The number of nitriles is 1. The van der Waals surface area contributed by atoms with E-state index in [4.69, 9.17) is 5.26 Å². The molecule has 1 aliphatic rings. The Morgan fingerprint density at radius 3 is 2.45 bits per heavy atom. The van der Waals surface area contributed by atoms with Crippen LogP contribution in [0.2, 0.25) is 0 Å². The van der Waals surface area contributed by atoms with E-state index >= 15 is 0 Å². The normalized spacial score (nSPS) is 13.9. The number of benzene rings is 2. The van der Waals surface area contributed by atoms with Crippen molar-refractivity contribution in [2.45, 2.75) is 31.1 Å². The quantitative estimate of drug-likeness (QED) is 0.681. The van der Waals surface area contributed by atoms with Crippen LogP contribution in [-0.2, 0) is 10.0 Å². The van der Waals surface area contributed by atoms with Crippen LogP contribution in [0.25, 0.3) is 0 Å². The van der Waals surface area contributed by atoms with Gasteiger partial charge in [0.25, 0.3) is 5.91 Å². The van der Waals surface area contributed by atoms with Crippen molar-refractivity contribution in [3.63, 3.8) is 0 Å². The molecular formula is C21H24N4O3S. The van der Waals surface area contributed by atoms with Gasteiger partial charge in [-0.05, 0) is 67.8 Å². The third-order valence-electron chi connectivity index (χ3n) is 4.89. The SMILES string of the molecule is Cc1cc(N2CCCC2)ccc1NC(=O)c1ccc(S(=O)(=O)NCCC#N)cc1. The zero-order valence-electron chi connectivity index (χ0n) is 16.3. The highest BCUT2D eigenvalue weighted by Crippen LogP contribution is 2.26. The van der Waals surface area contributed by atoms with Crippen LogP contribution in [0.5, 0.6) is 0 Å². The highest BCUT2D eigenvalue weighted by molar-refractivity contribution is 7.89. The molecule has 0 aliphatic carbocycles. The number of carbonyl (C=O) groups excluding carboxylic acids is 1. The summed E-state index contributed by atoms with van der Waals surface area (Å²) in [6, 6.07) is 13.6. The van der Waals surface area contributed by atoms with Crippen LogP contribution in [0, 0.1) is 18.3 Å². The van der Waals surface area contributed by atoms with E-state index in [-0.39, 0.29) is 23.8 Å². The van der Waals surface area contributed by atoms with Crippen molar-refractivity contribution in [1.29, 1.82) is 5.26 Å². The van der Waals surface area contributed by atoms with Gasteiger partial charge in [0.15, 0.2) is 0 Å². The molecule has 2 N–H and O–H groups in total. The number of anilines is 2. The molecule has 0 aromatic heterocycles. The molecule has 1 heterocycles. The summed E-state index contributed by atoms with van der Waals surface area (Å²) in [4.78, 5) is 14.9. The molecule has 0 atom stereocenters. The molecule has 1 fully saturated rings. The Morgan fingerprint density at radius 1 is 1.14 bits per heavy atom. The van der Waals surface area contributed by atoms with Crippen LogP contribution in [0.4, 0.5) is 11.4 Å². The van der Waals surface area contributed by atoms with Crippen LogP contribution in [0.3, 0.4) is 0 Å². The second-order valence-corrected chi connectivity index (χ2v) is 8.74. The number of sulfonamides is 1. The van der Waals surface area contributed by atoms with E-state index in [1.165, 1.54) is 37.1 Å². The summed E-state index contributed by atoms with van der Waals surface area (Å²) in [5.74, 6) is -0.302. The highest BCUT2D eigenvalue weighted by Gasteiger charge is 2.16. The first-order valence-corrected chi connectivity index (χ1v) is 11.0. The number of carbonyl (C=O) groups is 1. The summed E-state index contributed by atoms with van der Waals surface area (Å²) in [6.07, 6.45) is 2.50. The Balaban J connectivity index is 1.67.